The lowest BCUT2D eigenvalue weighted by Crippen LogP contribution is -2.59. The third-order valence-electron chi connectivity index (χ3n) is 4.22. The molecule has 8 N–H and O–H groups in total. The average molecular weight is 481 g/mol. The van der Waals surface area contributed by atoms with Crippen LogP contribution >= 0.6 is 0 Å². The molecule has 0 aromatic carbocycles. The van der Waals surface area contributed by atoms with Gasteiger partial charge < -0.3 is 51.0 Å². The number of rotatable bonds is 9. The molecule has 16 nitrogen and oxygen atoms in total. The number of guanidine groups is 1. The van der Waals surface area contributed by atoms with Gasteiger partial charge in [0, 0.05) is 6.54 Å². The monoisotopic (exact) mass is 481 g/mol. The molecule has 0 aromatic heterocycles. The van der Waals surface area contributed by atoms with E-state index in [1.165, 1.54) is 0 Å². The van der Waals surface area contributed by atoms with Crippen LogP contribution in [-0.4, -0.2) is 99.0 Å². The van der Waals surface area contributed by atoms with Gasteiger partial charge in [-0.1, -0.05) is 0 Å². The second-order valence-electron chi connectivity index (χ2n) is 8.16. The van der Waals surface area contributed by atoms with Gasteiger partial charge in [0.05, 0.1) is 0 Å². The van der Waals surface area contributed by atoms with Gasteiger partial charge in [-0.05, 0) is 33.6 Å². The molecule has 0 radical (unpaired) electrons. The van der Waals surface area contributed by atoms with E-state index in [1.54, 1.807) is 20.8 Å². The van der Waals surface area contributed by atoms with Crippen LogP contribution in [0.1, 0.15) is 33.6 Å². The van der Waals surface area contributed by atoms with Gasteiger partial charge in [0.25, 0.3) is 5.96 Å². The Balaban J connectivity index is 2.71. The van der Waals surface area contributed by atoms with E-state index < -0.39 is 72.0 Å². The van der Waals surface area contributed by atoms with Crippen LogP contribution in [0, 0.1) is 10.1 Å². The predicted octanol–water partition coefficient (Wildman–Crippen LogP) is -2.90. The molecule has 1 rings (SSSR count). The largest absolute Gasteiger partial charge is 0.461 e. The topological polar surface area (TPSA) is 248 Å². The number of amides is 1. The molecule has 1 aliphatic rings. The summed E-state index contributed by atoms with van der Waals surface area (Å²) in [5.74, 6) is -1.39. The third kappa shape index (κ3) is 10.1. The van der Waals surface area contributed by atoms with Crippen molar-refractivity contribution in [3.63, 3.8) is 0 Å². The Hall–Kier alpha value is -2.79. The number of carbonyl (C=O) groups excluding carboxylic acids is 2. The highest BCUT2D eigenvalue weighted by Gasteiger charge is 2.43. The van der Waals surface area contributed by atoms with Crippen LogP contribution in [0.25, 0.3) is 0 Å². The van der Waals surface area contributed by atoms with Crippen molar-refractivity contribution in [2.24, 2.45) is 10.8 Å². The van der Waals surface area contributed by atoms with Gasteiger partial charge in [0.15, 0.2) is 11.3 Å². The molecule has 1 saturated heterocycles. The minimum Gasteiger partial charge on any atom is -0.461 e. The van der Waals surface area contributed by atoms with Crippen molar-refractivity contribution in [3.05, 3.63) is 10.1 Å². The first-order valence-electron chi connectivity index (χ1n) is 9.97. The number of nitrogens with one attached hydrogen (secondary N) is 2. The summed E-state index contributed by atoms with van der Waals surface area (Å²) in [5, 5.41) is 55.6. The van der Waals surface area contributed by atoms with Crippen molar-refractivity contribution in [2.45, 2.75) is 76.0 Å². The average Bonchev–Trinajstić information content (AvgIpc) is 2.68. The van der Waals surface area contributed by atoms with E-state index in [0.29, 0.717) is 0 Å². The zero-order valence-corrected chi connectivity index (χ0v) is 18.4. The number of aliphatic hydroxyl groups is 4. The van der Waals surface area contributed by atoms with E-state index in [4.69, 9.17) is 19.9 Å². The first kappa shape index (κ1) is 28.2. The lowest BCUT2D eigenvalue weighted by atomic mass is 9.99. The molecule has 1 amide bonds. The minimum atomic E-state index is -1.81. The van der Waals surface area contributed by atoms with Crippen LogP contribution in [0.2, 0.25) is 0 Å². The third-order valence-corrected chi connectivity index (χ3v) is 4.22. The maximum absolute atomic E-state index is 12.5. The number of nitrogens with two attached hydrogens (primary N) is 1. The summed E-state index contributed by atoms with van der Waals surface area (Å²) in [6, 6.07) is -1.23. The molecule has 0 unspecified atom stereocenters. The molecule has 0 aliphatic carbocycles. The predicted molar refractivity (Wildman–Crippen MR) is 109 cm³/mol. The minimum absolute atomic E-state index is 0.00510. The SMILES string of the molecule is CC(C)(C)OC(=O)N[C@H](CCCNC(N)=N[N+](=O)[O-])C(=O)OC[C@@H]1O[C@H](O)[C@@H](O)[C@@H](O)[C@H]1O. The van der Waals surface area contributed by atoms with E-state index in [-0.39, 0.29) is 19.4 Å². The van der Waals surface area contributed by atoms with Crippen molar-refractivity contribution in [3.8, 4) is 0 Å². The Labute approximate surface area is 188 Å². The zero-order valence-electron chi connectivity index (χ0n) is 18.4. The van der Waals surface area contributed by atoms with Gasteiger partial charge in [-0.2, -0.15) is 0 Å². The highest BCUT2D eigenvalue weighted by atomic mass is 16.7. The Kier molecular flexibility index (Phi) is 10.7. The second-order valence-corrected chi connectivity index (χ2v) is 8.16. The first-order valence-corrected chi connectivity index (χ1v) is 9.97. The Morgan fingerprint density at radius 2 is 1.85 bits per heavy atom. The fraction of sp³-hybridized carbons (Fsp3) is 0.824. The van der Waals surface area contributed by atoms with E-state index in [9.17, 15) is 40.1 Å². The highest BCUT2D eigenvalue weighted by Crippen LogP contribution is 2.20. The van der Waals surface area contributed by atoms with Gasteiger partial charge >= 0.3 is 12.1 Å². The Morgan fingerprint density at radius 3 is 2.42 bits per heavy atom. The number of hydrazone groups is 1. The number of carbonyl (C=O) groups is 2. The summed E-state index contributed by atoms with van der Waals surface area (Å²) in [4.78, 5) is 34.9. The molecule has 16 heteroatoms. The van der Waals surface area contributed by atoms with E-state index in [1.807, 2.05) is 0 Å². The standard InChI is InChI=1S/C17H31N5O11/c1-17(2,3)33-16(28)20-8(5-4-6-19-15(18)21-22(29)30)13(26)31-7-9-10(23)11(24)12(25)14(27)32-9/h8-12,14,23-25,27H,4-7H2,1-3H3,(H,20,28)(H3,18,19,21)/t8-,9+,10+,11+,12+,14+/m1/s1. The number of alkyl carbamates (subject to hydrolysis) is 1. The summed E-state index contributed by atoms with van der Waals surface area (Å²) in [7, 11) is 0. The second kappa shape index (κ2) is 12.4. The molecule has 33 heavy (non-hydrogen) atoms. The Bertz CT molecular complexity index is 714. The summed E-state index contributed by atoms with van der Waals surface area (Å²) < 4.78 is 15.1. The molecule has 1 aliphatic heterocycles. The van der Waals surface area contributed by atoms with Gasteiger partial charge in [-0.3, -0.25) is 0 Å². The zero-order chi connectivity index (χ0) is 25.3. The number of hydrogen-bond acceptors (Lipinski definition) is 11. The lowest BCUT2D eigenvalue weighted by molar-refractivity contribution is -0.485. The molecule has 1 fully saturated rings. The molecular formula is C17H31N5O11. The number of esters is 1. The van der Waals surface area contributed by atoms with Crippen LogP contribution in [0.3, 0.4) is 0 Å². The van der Waals surface area contributed by atoms with Gasteiger partial charge in [-0.15, -0.1) is 0 Å². The summed E-state index contributed by atoms with van der Waals surface area (Å²) >= 11 is 0. The molecular weight excluding hydrogens is 450 g/mol. The first-order chi connectivity index (χ1) is 15.2. The normalized spacial score (nSPS) is 26.8. The van der Waals surface area contributed by atoms with Crippen molar-refractivity contribution >= 4 is 18.0 Å². The lowest BCUT2D eigenvalue weighted by Gasteiger charge is -2.38. The van der Waals surface area contributed by atoms with Crippen LogP contribution in [-0.2, 0) is 19.0 Å². The van der Waals surface area contributed by atoms with E-state index in [2.05, 4.69) is 15.7 Å². The summed E-state index contributed by atoms with van der Waals surface area (Å²) in [5.41, 5.74) is 4.45. The quantitative estimate of drug-likeness (QED) is 0.0436. The molecule has 0 spiro atoms. The number of hydrogen-bond donors (Lipinski definition) is 7. The molecule has 190 valence electrons. The van der Waals surface area contributed by atoms with Gasteiger partial charge in [0.2, 0.25) is 0 Å². The molecule has 0 bridgehead atoms. The maximum Gasteiger partial charge on any atom is 0.408 e. The fourth-order valence-corrected chi connectivity index (χ4v) is 2.68. The van der Waals surface area contributed by atoms with Crippen molar-refractivity contribution < 1.29 is 49.3 Å². The van der Waals surface area contributed by atoms with Gasteiger partial charge in [0.1, 0.15) is 47.8 Å². The molecule has 0 saturated carbocycles. The van der Waals surface area contributed by atoms with Crippen LogP contribution < -0.4 is 16.4 Å². The molecule has 1 heterocycles. The number of aliphatic hydroxyl groups excluding tert-OH is 4. The van der Waals surface area contributed by atoms with E-state index in [0.717, 1.165) is 0 Å². The van der Waals surface area contributed by atoms with Crippen LogP contribution in [0.15, 0.2) is 5.10 Å². The van der Waals surface area contributed by atoms with Gasteiger partial charge in [-0.25, -0.2) is 19.7 Å². The maximum atomic E-state index is 12.5. The van der Waals surface area contributed by atoms with Crippen LogP contribution in [0.4, 0.5) is 4.79 Å². The van der Waals surface area contributed by atoms with Crippen LogP contribution in [0.5, 0.6) is 0 Å². The molecule has 6 atom stereocenters. The number of ether oxygens (including phenoxy) is 3. The van der Waals surface area contributed by atoms with Crippen molar-refractivity contribution in [1.82, 2.24) is 10.6 Å². The number of nitro groups is 1. The fourth-order valence-electron chi connectivity index (χ4n) is 2.68. The summed E-state index contributed by atoms with van der Waals surface area (Å²) in [6.07, 6.45) is -9.00. The smallest absolute Gasteiger partial charge is 0.408 e. The Morgan fingerprint density at radius 1 is 1.21 bits per heavy atom. The number of nitrogens with zero attached hydrogens (tertiary/aromatic N) is 2. The summed E-state index contributed by atoms with van der Waals surface area (Å²) in [6.45, 7) is 4.33. The van der Waals surface area contributed by atoms with E-state index >= 15 is 0 Å². The van der Waals surface area contributed by atoms with Crippen molar-refractivity contribution in [2.75, 3.05) is 13.2 Å². The highest BCUT2D eigenvalue weighted by molar-refractivity contribution is 5.81. The van der Waals surface area contributed by atoms with Crippen molar-refractivity contribution in [1.29, 1.82) is 0 Å². The molecule has 0 aromatic rings.